The number of hydrogen-bond donors (Lipinski definition) is 2. The molecule has 1 aromatic heterocycles. The molecule has 39 heavy (non-hydrogen) atoms. The van der Waals surface area contributed by atoms with Gasteiger partial charge in [0.1, 0.15) is 5.69 Å². The summed E-state index contributed by atoms with van der Waals surface area (Å²) in [5, 5.41) is 22.0. The number of hydrogen-bond acceptors (Lipinski definition) is 6. The molecule has 200 valence electrons. The second kappa shape index (κ2) is 11.8. The highest BCUT2D eigenvalue weighted by molar-refractivity contribution is 5.94. The van der Waals surface area contributed by atoms with Crippen LogP contribution in [0.3, 0.4) is 0 Å². The topological polar surface area (TPSA) is 116 Å². The van der Waals surface area contributed by atoms with Crippen molar-refractivity contribution in [1.29, 1.82) is 5.26 Å². The highest BCUT2D eigenvalue weighted by Gasteiger charge is 2.38. The van der Waals surface area contributed by atoms with Crippen LogP contribution in [0, 0.1) is 17.2 Å². The largest absolute Gasteiger partial charge is 0.396 e. The molecule has 2 aromatic carbocycles. The van der Waals surface area contributed by atoms with Crippen molar-refractivity contribution in [3.05, 3.63) is 77.0 Å². The summed E-state index contributed by atoms with van der Waals surface area (Å²) in [6.07, 6.45) is 3.07. The zero-order valence-electron chi connectivity index (χ0n) is 22.0. The van der Waals surface area contributed by atoms with E-state index in [4.69, 9.17) is 15.0 Å². The van der Waals surface area contributed by atoms with E-state index in [1.165, 1.54) is 0 Å². The second-order valence-electron chi connectivity index (χ2n) is 10.1. The number of amides is 2. The van der Waals surface area contributed by atoms with Gasteiger partial charge in [-0.05, 0) is 66.1 Å². The lowest BCUT2D eigenvalue weighted by Crippen LogP contribution is -2.30. The second-order valence-corrected chi connectivity index (χ2v) is 10.1. The first-order valence-electron chi connectivity index (χ1n) is 13.3. The molecule has 2 amide bonds. The number of pyridine rings is 1. The average molecular weight is 525 g/mol. The molecule has 2 heterocycles. The van der Waals surface area contributed by atoms with Crippen LogP contribution >= 0.6 is 0 Å². The third kappa shape index (κ3) is 5.85. The van der Waals surface area contributed by atoms with Crippen molar-refractivity contribution in [1.82, 2.24) is 15.2 Å². The number of aliphatic hydroxyl groups excluding tert-OH is 1. The van der Waals surface area contributed by atoms with Crippen LogP contribution in [0.1, 0.15) is 58.9 Å². The SMILES string of the molecule is COCCNC(=O)c1cc2c(c(-c3cccc(-c4ccc(C#N)cc4)c3)n1)[C@H](CCO)N(C(=O)CC1CC1)C2. The van der Waals surface area contributed by atoms with E-state index in [9.17, 15) is 14.7 Å². The number of nitriles is 1. The fourth-order valence-electron chi connectivity index (χ4n) is 5.21. The molecular weight excluding hydrogens is 492 g/mol. The van der Waals surface area contributed by atoms with Gasteiger partial charge in [0.2, 0.25) is 5.91 Å². The Bertz CT molecular complexity index is 1410. The van der Waals surface area contributed by atoms with Crippen molar-refractivity contribution in [2.24, 2.45) is 5.92 Å². The summed E-state index contributed by atoms with van der Waals surface area (Å²) < 4.78 is 5.06. The van der Waals surface area contributed by atoms with Crippen molar-refractivity contribution < 1.29 is 19.4 Å². The Morgan fingerprint density at radius 1 is 1.13 bits per heavy atom. The zero-order valence-corrected chi connectivity index (χ0v) is 22.0. The molecule has 0 saturated heterocycles. The summed E-state index contributed by atoms with van der Waals surface area (Å²) in [6, 6.07) is 18.9. The minimum absolute atomic E-state index is 0.0682. The van der Waals surface area contributed by atoms with Crippen LogP contribution in [0.15, 0.2) is 54.6 Å². The standard InChI is InChI=1S/C31H32N4O4/c1-39-14-12-33-31(38)26-17-25-19-35(28(37)15-20-5-6-20)27(11-13-36)29(25)30(34-26)24-4-2-3-23(16-24)22-9-7-21(18-32)8-10-22/h2-4,7-10,16-17,20,27,36H,5-6,11-15,19H2,1H3,(H,33,38)/t27-/m0/s1. The van der Waals surface area contributed by atoms with Gasteiger partial charge in [-0.1, -0.05) is 30.3 Å². The van der Waals surface area contributed by atoms with Gasteiger partial charge in [0.25, 0.3) is 5.91 Å². The number of nitrogens with zero attached hydrogens (tertiary/aromatic N) is 3. The summed E-state index contributed by atoms with van der Waals surface area (Å²) in [7, 11) is 1.58. The molecule has 1 fully saturated rings. The van der Waals surface area contributed by atoms with Crippen molar-refractivity contribution in [2.45, 2.75) is 38.3 Å². The van der Waals surface area contributed by atoms with Crippen molar-refractivity contribution in [3.8, 4) is 28.5 Å². The lowest BCUT2D eigenvalue weighted by atomic mass is 9.93. The normalized spacial score (nSPS) is 16.0. The number of benzene rings is 2. The molecule has 1 atom stereocenters. The third-order valence-electron chi connectivity index (χ3n) is 7.39. The molecule has 0 bridgehead atoms. The maximum Gasteiger partial charge on any atom is 0.269 e. The minimum Gasteiger partial charge on any atom is -0.396 e. The van der Waals surface area contributed by atoms with E-state index in [2.05, 4.69) is 11.4 Å². The molecule has 2 N–H and O–H groups in total. The van der Waals surface area contributed by atoms with Gasteiger partial charge in [-0.25, -0.2) is 4.98 Å². The third-order valence-corrected chi connectivity index (χ3v) is 7.39. The lowest BCUT2D eigenvalue weighted by molar-refractivity contribution is -0.134. The monoisotopic (exact) mass is 524 g/mol. The van der Waals surface area contributed by atoms with Gasteiger partial charge in [-0.15, -0.1) is 0 Å². The van der Waals surface area contributed by atoms with E-state index < -0.39 is 0 Å². The maximum atomic E-state index is 13.3. The molecular formula is C31H32N4O4. The number of carbonyl (C=O) groups excluding carboxylic acids is 2. The molecule has 1 saturated carbocycles. The van der Waals surface area contributed by atoms with Gasteiger partial charge in [-0.2, -0.15) is 5.26 Å². The molecule has 5 rings (SSSR count). The van der Waals surface area contributed by atoms with Gasteiger partial charge < -0.3 is 20.1 Å². The zero-order chi connectivity index (χ0) is 27.4. The van der Waals surface area contributed by atoms with Crippen molar-refractivity contribution in [3.63, 3.8) is 0 Å². The van der Waals surface area contributed by atoms with Crippen LogP contribution in [0.2, 0.25) is 0 Å². The summed E-state index contributed by atoms with van der Waals surface area (Å²) >= 11 is 0. The van der Waals surface area contributed by atoms with E-state index in [1.807, 2.05) is 41.3 Å². The number of aliphatic hydroxyl groups is 1. The predicted molar refractivity (Wildman–Crippen MR) is 146 cm³/mol. The van der Waals surface area contributed by atoms with Crippen LogP contribution in [0.4, 0.5) is 0 Å². The summed E-state index contributed by atoms with van der Waals surface area (Å²) in [5.41, 5.74) is 5.99. The fourth-order valence-corrected chi connectivity index (χ4v) is 5.21. The number of rotatable bonds is 10. The van der Waals surface area contributed by atoms with Gasteiger partial charge >= 0.3 is 0 Å². The molecule has 8 heteroatoms. The highest BCUT2D eigenvalue weighted by atomic mass is 16.5. The van der Waals surface area contributed by atoms with Gasteiger partial charge in [0.15, 0.2) is 0 Å². The molecule has 1 aliphatic heterocycles. The quantitative estimate of drug-likeness (QED) is 0.384. The van der Waals surface area contributed by atoms with Gasteiger partial charge in [0.05, 0.1) is 30.0 Å². The number of carbonyl (C=O) groups is 2. The maximum absolute atomic E-state index is 13.3. The number of ether oxygens (including phenoxy) is 1. The van der Waals surface area contributed by atoms with Crippen molar-refractivity contribution >= 4 is 11.8 Å². The molecule has 0 radical (unpaired) electrons. The van der Waals surface area contributed by atoms with E-state index in [0.717, 1.165) is 40.7 Å². The van der Waals surface area contributed by atoms with E-state index in [0.29, 0.717) is 49.7 Å². The van der Waals surface area contributed by atoms with E-state index in [-0.39, 0.29) is 30.2 Å². The van der Waals surface area contributed by atoms with Crippen LogP contribution < -0.4 is 5.32 Å². The summed E-state index contributed by atoms with van der Waals surface area (Å²) in [5.74, 6) is 0.219. The first kappa shape index (κ1) is 26.5. The minimum atomic E-state index is -0.317. The smallest absolute Gasteiger partial charge is 0.269 e. The number of fused-ring (bicyclic) bond motifs is 1. The first-order chi connectivity index (χ1) is 19.0. The molecule has 1 aliphatic carbocycles. The van der Waals surface area contributed by atoms with Gasteiger partial charge in [-0.3, -0.25) is 9.59 Å². The number of methoxy groups -OCH3 is 1. The molecule has 8 nitrogen and oxygen atoms in total. The Balaban J connectivity index is 1.58. The summed E-state index contributed by atoms with van der Waals surface area (Å²) in [4.78, 5) is 33.0. The van der Waals surface area contributed by atoms with E-state index in [1.54, 1.807) is 25.3 Å². The first-order valence-corrected chi connectivity index (χ1v) is 13.3. The Kier molecular flexibility index (Phi) is 8.01. The molecule has 0 unspecified atom stereocenters. The van der Waals surface area contributed by atoms with Crippen LogP contribution in [0.5, 0.6) is 0 Å². The van der Waals surface area contributed by atoms with Crippen LogP contribution in [0.25, 0.3) is 22.4 Å². The Morgan fingerprint density at radius 3 is 2.59 bits per heavy atom. The predicted octanol–water partition coefficient (Wildman–Crippen LogP) is 4.23. The Hall–Kier alpha value is -4.06. The summed E-state index contributed by atoms with van der Waals surface area (Å²) in [6.45, 7) is 1.06. The van der Waals surface area contributed by atoms with Gasteiger partial charge in [0, 0.05) is 44.4 Å². The highest BCUT2D eigenvalue weighted by Crippen LogP contribution is 2.44. The van der Waals surface area contributed by atoms with Crippen LogP contribution in [-0.2, 0) is 16.1 Å². The number of nitrogens with one attached hydrogen (secondary N) is 1. The molecule has 2 aliphatic rings. The number of aromatic nitrogens is 1. The molecule has 3 aromatic rings. The Morgan fingerprint density at radius 2 is 1.90 bits per heavy atom. The van der Waals surface area contributed by atoms with Crippen molar-refractivity contribution in [2.75, 3.05) is 26.9 Å². The Labute approximate surface area is 228 Å². The average Bonchev–Trinajstić information content (AvgIpc) is 3.71. The lowest BCUT2D eigenvalue weighted by Gasteiger charge is -2.26. The fraction of sp³-hybridized carbons (Fsp3) is 0.355. The van der Waals surface area contributed by atoms with E-state index >= 15 is 0 Å². The molecule has 0 spiro atoms. The van der Waals surface area contributed by atoms with Crippen LogP contribution in [-0.4, -0.2) is 53.7 Å².